The van der Waals surface area contributed by atoms with E-state index in [1.54, 1.807) is 6.08 Å². The van der Waals surface area contributed by atoms with Gasteiger partial charge in [0, 0.05) is 9.66 Å². The average molecular weight is 243 g/mol. The van der Waals surface area contributed by atoms with Gasteiger partial charge in [-0.3, -0.25) is 0 Å². The van der Waals surface area contributed by atoms with Crippen molar-refractivity contribution < 1.29 is 0 Å². The highest BCUT2D eigenvalue weighted by molar-refractivity contribution is 14.1. The van der Waals surface area contributed by atoms with Gasteiger partial charge in [-0.1, -0.05) is 18.2 Å². The molecule has 0 bridgehead atoms. The zero-order chi connectivity index (χ0) is 7.40. The van der Waals surface area contributed by atoms with E-state index in [0.717, 1.165) is 10.0 Å². The smallest absolute Gasteiger partial charge is 0.0923 e. The van der Waals surface area contributed by atoms with E-state index in [1.165, 1.54) is 5.57 Å². The lowest BCUT2D eigenvalue weighted by molar-refractivity contribution is 1.33. The SMILES string of the molecule is N#C/C=C(/I)C1=CC=CC1. The van der Waals surface area contributed by atoms with E-state index in [9.17, 15) is 0 Å². The molecule has 1 aliphatic rings. The number of hydrogen-bond acceptors (Lipinski definition) is 1. The minimum absolute atomic E-state index is 0.969. The van der Waals surface area contributed by atoms with Crippen molar-refractivity contribution in [1.29, 1.82) is 5.26 Å². The molecule has 0 aliphatic heterocycles. The van der Waals surface area contributed by atoms with Gasteiger partial charge in [-0.05, 0) is 34.6 Å². The molecule has 0 aromatic heterocycles. The predicted molar refractivity (Wildman–Crippen MR) is 49.6 cm³/mol. The van der Waals surface area contributed by atoms with Crippen molar-refractivity contribution in [2.24, 2.45) is 0 Å². The van der Waals surface area contributed by atoms with Crippen LogP contribution in [0.25, 0.3) is 0 Å². The monoisotopic (exact) mass is 243 g/mol. The van der Waals surface area contributed by atoms with Crippen LogP contribution in [0.15, 0.2) is 33.5 Å². The Hall–Kier alpha value is -0.560. The summed E-state index contributed by atoms with van der Waals surface area (Å²) >= 11 is 2.17. The second-order valence-corrected chi connectivity index (χ2v) is 3.11. The number of nitrogens with zero attached hydrogens (tertiary/aromatic N) is 1. The molecular formula is C8H6IN. The predicted octanol–water partition coefficient (Wildman–Crippen LogP) is 2.72. The first-order chi connectivity index (χ1) is 4.84. The lowest BCUT2D eigenvalue weighted by Crippen LogP contribution is -1.74. The Morgan fingerprint density at radius 3 is 3.10 bits per heavy atom. The zero-order valence-corrected chi connectivity index (χ0v) is 7.50. The Morgan fingerprint density at radius 1 is 1.80 bits per heavy atom. The van der Waals surface area contributed by atoms with Crippen molar-refractivity contribution >= 4 is 22.6 Å². The van der Waals surface area contributed by atoms with E-state index in [0.29, 0.717) is 0 Å². The molecule has 0 atom stereocenters. The van der Waals surface area contributed by atoms with Gasteiger partial charge in [0.25, 0.3) is 0 Å². The lowest BCUT2D eigenvalue weighted by atomic mass is 10.2. The summed E-state index contributed by atoms with van der Waals surface area (Å²) in [6.45, 7) is 0. The molecule has 0 saturated heterocycles. The maximum Gasteiger partial charge on any atom is 0.0923 e. The molecule has 1 rings (SSSR count). The molecule has 1 nitrogen and oxygen atoms in total. The molecule has 0 N–H and O–H groups in total. The zero-order valence-electron chi connectivity index (χ0n) is 5.34. The molecule has 0 fully saturated rings. The molecular weight excluding hydrogens is 237 g/mol. The van der Waals surface area contributed by atoms with Crippen LogP contribution in [-0.4, -0.2) is 0 Å². The van der Waals surface area contributed by atoms with Crippen LogP contribution in [0, 0.1) is 11.3 Å². The van der Waals surface area contributed by atoms with E-state index < -0.39 is 0 Å². The van der Waals surface area contributed by atoms with Gasteiger partial charge in [-0.15, -0.1) is 0 Å². The summed E-state index contributed by atoms with van der Waals surface area (Å²) in [7, 11) is 0. The maximum atomic E-state index is 8.32. The second-order valence-electron chi connectivity index (χ2n) is 1.95. The molecule has 1 aliphatic carbocycles. The fourth-order valence-electron chi connectivity index (χ4n) is 0.774. The third kappa shape index (κ3) is 1.71. The van der Waals surface area contributed by atoms with E-state index in [1.807, 2.05) is 18.2 Å². The quantitative estimate of drug-likeness (QED) is 0.513. The Labute approximate surface area is 73.9 Å². The van der Waals surface area contributed by atoms with Crippen molar-refractivity contribution in [2.75, 3.05) is 0 Å². The normalized spacial score (nSPS) is 16.8. The molecule has 10 heavy (non-hydrogen) atoms. The number of allylic oxidation sites excluding steroid dienone is 6. The van der Waals surface area contributed by atoms with Gasteiger partial charge in [-0.25, -0.2) is 0 Å². The van der Waals surface area contributed by atoms with Gasteiger partial charge in [-0.2, -0.15) is 5.26 Å². The molecule has 0 saturated carbocycles. The Bertz CT molecular complexity index is 253. The van der Waals surface area contributed by atoms with Crippen molar-refractivity contribution in [3.05, 3.63) is 33.5 Å². The van der Waals surface area contributed by atoms with E-state index >= 15 is 0 Å². The van der Waals surface area contributed by atoms with Gasteiger partial charge in [0.15, 0.2) is 0 Å². The molecule has 0 aromatic rings. The Kier molecular flexibility index (Phi) is 2.69. The highest BCUT2D eigenvalue weighted by Crippen LogP contribution is 2.24. The summed E-state index contributed by atoms with van der Waals surface area (Å²) in [5, 5.41) is 8.32. The highest BCUT2D eigenvalue weighted by Gasteiger charge is 2.01. The molecule has 0 aromatic carbocycles. The maximum absolute atomic E-state index is 8.32. The molecule has 2 heteroatoms. The third-order valence-corrected chi connectivity index (χ3v) is 2.27. The van der Waals surface area contributed by atoms with Crippen molar-refractivity contribution in [3.63, 3.8) is 0 Å². The van der Waals surface area contributed by atoms with Gasteiger partial charge < -0.3 is 0 Å². The minimum atomic E-state index is 0.969. The highest BCUT2D eigenvalue weighted by atomic mass is 127. The fourth-order valence-corrected chi connectivity index (χ4v) is 1.31. The summed E-state index contributed by atoms with van der Waals surface area (Å²) in [5.74, 6) is 0. The number of rotatable bonds is 1. The average Bonchev–Trinajstić information content (AvgIpc) is 2.38. The first kappa shape index (κ1) is 7.55. The summed E-state index contributed by atoms with van der Waals surface area (Å²) in [6.07, 6.45) is 8.67. The van der Waals surface area contributed by atoms with Crippen LogP contribution >= 0.6 is 22.6 Å². The first-order valence-electron chi connectivity index (χ1n) is 2.96. The Balaban J connectivity index is 2.70. The van der Waals surface area contributed by atoms with Crippen LogP contribution in [0.5, 0.6) is 0 Å². The molecule has 0 amide bonds. The van der Waals surface area contributed by atoms with E-state index in [-0.39, 0.29) is 0 Å². The van der Waals surface area contributed by atoms with Gasteiger partial charge in [0.2, 0.25) is 0 Å². The summed E-state index contributed by atoms with van der Waals surface area (Å²) in [5.41, 5.74) is 1.24. The van der Waals surface area contributed by atoms with Gasteiger partial charge >= 0.3 is 0 Å². The molecule has 0 radical (unpaired) electrons. The van der Waals surface area contributed by atoms with Gasteiger partial charge in [0.05, 0.1) is 6.07 Å². The standard InChI is InChI=1S/C8H6IN/c9-8(5-6-10)7-3-1-2-4-7/h1-3,5H,4H2/b8-5+. The van der Waals surface area contributed by atoms with Crippen LogP contribution in [-0.2, 0) is 0 Å². The summed E-state index contributed by atoms with van der Waals surface area (Å²) in [4.78, 5) is 0. The molecule has 50 valence electrons. The van der Waals surface area contributed by atoms with Crippen molar-refractivity contribution in [3.8, 4) is 6.07 Å². The molecule has 0 heterocycles. The van der Waals surface area contributed by atoms with Crippen LogP contribution in [0.1, 0.15) is 6.42 Å². The Morgan fingerprint density at radius 2 is 2.60 bits per heavy atom. The molecule has 0 spiro atoms. The van der Waals surface area contributed by atoms with Crippen LogP contribution < -0.4 is 0 Å². The second kappa shape index (κ2) is 3.57. The van der Waals surface area contributed by atoms with E-state index in [2.05, 4.69) is 28.7 Å². The first-order valence-corrected chi connectivity index (χ1v) is 4.04. The fraction of sp³-hybridized carbons (Fsp3) is 0.125. The number of halogens is 1. The van der Waals surface area contributed by atoms with Gasteiger partial charge in [0.1, 0.15) is 0 Å². The number of nitriles is 1. The van der Waals surface area contributed by atoms with E-state index in [4.69, 9.17) is 5.26 Å². The molecule has 0 unspecified atom stereocenters. The number of hydrogen-bond donors (Lipinski definition) is 0. The summed E-state index contributed by atoms with van der Waals surface area (Å²) < 4.78 is 1.05. The minimum Gasteiger partial charge on any atom is -0.193 e. The van der Waals surface area contributed by atoms with Crippen LogP contribution in [0.4, 0.5) is 0 Å². The van der Waals surface area contributed by atoms with Crippen molar-refractivity contribution in [2.45, 2.75) is 6.42 Å². The van der Waals surface area contributed by atoms with Crippen LogP contribution in [0.2, 0.25) is 0 Å². The summed E-state index contributed by atoms with van der Waals surface area (Å²) in [6, 6.07) is 2.01. The third-order valence-electron chi connectivity index (χ3n) is 1.27. The lowest BCUT2D eigenvalue weighted by Gasteiger charge is -1.94. The largest absolute Gasteiger partial charge is 0.193 e. The van der Waals surface area contributed by atoms with Crippen molar-refractivity contribution in [1.82, 2.24) is 0 Å². The topological polar surface area (TPSA) is 23.8 Å². The van der Waals surface area contributed by atoms with Crippen LogP contribution in [0.3, 0.4) is 0 Å².